The molecule has 0 heterocycles. The summed E-state index contributed by atoms with van der Waals surface area (Å²) in [5.41, 5.74) is 2.52. The van der Waals surface area contributed by atoms with Crippen LogP contribution in [0.15, 0.2) is 113 Å². The minimum atomic E-state index is -3.82. The summed E-state index contributed by atoms with van der Waals surface area (Å²) < 4.78 is 31.4. The Balaban J connectivity index is 1.50. The number of benzene rings is 4. The first-order chi connectivity index (χ1) is 20.2. The summed E-state index contributed by atoms with van der Waals surface area (Å²) in [6, 6.07) is 28.5. The van der Waals surface area contributed by atoms with Gasteiger partial charge in [0.15, 0.2) is 6.61 Å². The molecule has 0 aliphatic rings. The van der Waals surface area contributed by atoms with Crippen LogP contribution < -0.4 is 4.74 Å². The molecule has 10 heteroatoms. The van der Waals surface area contributed by atoms with E-state index in [9.17, 15) is 23.4 Å². The van der Waals surface area contributed by atoms with Crippen molar-refractivity contribution < 1.29 is 33.3 Å². The molecule has 0 radical (unpaired) electrons. The summed E-state index contributed by atoms with van der Waals surface area (Å²) in [7, 11) is -3.82. The largest absolute Gasteiger partial charge is 0.482 e. The predicted octanol–water partition coefficient (Wildman–Crippen LogP) is 4.78. The maximum atomic E-state index is 13.2. The third-order valence-electron chi connectivity index (χ3n) is 6.80. The van der Waals surface area contributed by atoms with Crippen molar-refractivity contribution >= 4 is 27.4 Å². The van der Waals surface area contributed by atoms with E-state index in [0.29, 0.717) is 23.6 Å². The number of aliphatic hydroxyl groups is 2. The number of hydrogen-bond acceptors (Lipinski definition) is 7. The number of halogens is 1. The van der Waals surface area contributed by atoms with Crippen LogP contribution in [-0.2, 0) is 27.6 Å². The van der Waals surface area contributed by atoms with Crippen LogP contribution in [0.2, 0.25) is 5.02 Å². The van der Waals surface area contributed by atoms with Crippen LogP contribution in [0.4, 0.5) is 0 Å². The Kier molecular flexibility index (Phi) is 10.7. The fourth-order valence-corrected chi connectivity index (χ4v) is 6.04. The van der Waals surface area contributed by atoms with Gasteiger partial charge in [0, 0.05) is 24.2 Å². The second-order valence-corrected chi connectivity index (χ2v) is 12.2. The molecule has 4 aromatic rings. The number of carbonyl (C=O) groups is 1. The lowest BCUT2D eigenvalue weighted by molar-refractivity contribution is -0.139. The van der Waals surface area contributed by atoms with Crippen molar-refractivity contribution in [3.05, 3.63) is 125 Å². The SMILES string of the molecule is O=C(O)COc1ccc(S(=O)(=O)c2ccc(C[C@@H](CO)N(Cc3ccccc3)C[C@@H](O)c3cccc(Cl)c3)cc2)cc1. The van der Waals surface area contributed by atoms with Crippen molar-refractivity contribution in [2.75, 3.05) is 19.8 Å². The van der Waals surface area contributed by atoms with Crippen molar-refractivity contribution in [3.8, 4) is 5.75 Å². The van der Waals surface area contributed by atoms with E-state index in [1.165, 1.54) is 36.4 Å². The topological polar surface area (TPSA) is 124 Å². The molecule has 0 spiro atoms. The molecule has 42 heavy (non-hydrogen) atoms. The highest BCUT2D eigenvalue weighted by molar-refractivity contribution is 7.91. The molecule has 220 valence electrons. The van der Waals surface area contributed by atoms with Gasteiger partial charge in [-0.2, -0.15) is 0 Å². The van der Waals surface area contributed by atoms with Gasteiger partial charge < -0.3 is 20.1 Å². The van der Waals surface area contributed by atoms with Gasteiger partial charge in [-0.25, -0.2) is 13.2 Å². The van der Waals surface area contributed by atoms with Gasteiger partial charge in [-0.1, -0.05) is 66.2 Å². The molecule has 4 rings (SSSR count). The summed E-state index contributed by atoms with van der Waals surface area (Å²) in [4.78, 5) is 12.8. The predicted molar refractivity (Wildman–Crippen MR) is 159 cm³/mol. The van der Waals surface area contributed by atoms with Crippen molar-refractivity contribution in [1.82, 2.24) is 4.90 Å². The number of aliphatic carboxylic acids is 1. The lowest BCUT2D eigenvalue weighted by atomic mass is 10.0. The summed E-state index contributed by atoms with van der Waals surface area (Å²) >= 11 is 6.13. The molecule has 0 fully saturated rings. The van der Waals surface area contributed by atoms with Gasteiger partial charge in [0.2, 0.25) is 9.84 Å². The Morgan fingerprint density at radius 1 is 0.857 bits per heavy atom. The van der Waals surface area contributed by atoms with E-state index in [-0.39, 0.29) is 34.7 Å². The Morgan fingerprint density at radius 3 is 2.10 bits per heavy atom. The first-order valence-corrected chi connectivity index (χ1v) is 15.1. The highest BCUT2D eigenvalue weighted by Crippen LogP contribution is 2.25. The average Bonchev–Trinajstić information content (AvgIpc) is 2.99. The smallest absolute Gasteiger partial charge is 0.341 e. The third kappa shape index (κ3) is 8.40. The van der Waals surface area contributed by atoms with Crippen molar-refractivity contribution in [1.29, 1.82) is 0 Å². The zero-order valence-electron chi connectivity index (χ0n) is 22.7. The number of carboxylic acid groups (broad SMARTS) is 1. The normalized spacial score (nSPS) is 13.0. The van der Waals surface area contributed by atoms with Crippen LogP contribution in [0.5, 0.6) is 5.75 Å². The molecule has 0 saturated carbocycles. The Bertz CT molecular complexity index is 1560. The molecule has 0 unspecified atom stereocenters. The van der Waals surface area contributed by atoms with Crippen LogP contribution in [0.1, 0.15) is 22.8 Å². The molecule has 0 amide bonds. The van der Waals surface area contributed by atoms with Crippen molar-refractivity contribution in [3.63, 3.8) is 0 Å². The second kappa shape index (κ2) is 14.4. The minimum absolute atomic E-state index is 0.0511. The van der Waals surface area contributed by atoms with Gasteiger partial charge in [-0.05, 0) is 71.6 Å². The maximum Gasteiger partial charge on any atom is 0.341 e. The minimum Gasteiger partial charge on any atom is -0.482 e. The van der Waals surface area contributed by atoms with Crippen LogP contribution in [0, 0.1) is 0 Å². The fraction of sp³-hybridized carbons (Fsp3) is 0.219. The quantitative estimate of drug-likeness (QED) is 0.187. The number of hydrogen-bond donors (Lipinski definition) is 3. The van der Waals surface area contributed by atoms with Crippen LogP contribution >= 0.6 is 11.6 Å². The van der Waals surface area contributed by atoms with Crippen molar-refractivity contribution in [2.45, 2.75) is 34.9 Å². The van der Waals surface area contributed by atoms with Gasteiger partial charge in [0.25, 0.3) is 0 Å². The molecule has 3 N–H and O–H groups in total. The summed E-state index contributed by atoms with van der Waals surface area (Å²) in [6.45, 7) is 0.0393. The zero-order valence-corrected chi connectivity index (χ0v) is 24.3. The number of nitrogens with zero attached hydrogens (tertiary/aromatic N) is 1. The molecule has 0 bridgehead atoms. The Hall–Kier alpha value is -3.73. The zero-order chi connectivity index (χ0) is 30.1. The van der Waals surface area contributed by atoms with E-state index in [1.807, 2.05) is 35.2 Å². The van der Waals surface area contributed by atoms with Crippen molar-refractivity contribution in [2.24, 2.45) is 0 Å². The first kappa shape index (κ1) is 31.2. The molecule has 0 aliphatic heterocycles. The Labute approximate surface area is 250 Å². The third-order valence-corrected chi connectivity index (χ3v) is 8.82. The molecule has 2 atom stereocenters. The molecule has 4 aromatic carbocycles. The molecular weight excluding hydrogens is 578 g/mol. The van der Waals surface area contributed by atoms with E-state index >= 15 is 0 Å². The van der Waals surface area contributed by atoms with Gasteiger partial charge in [-0.15, -0.1) is 0 Å². The van der Waals surface area contributed by atoms with Gasteiger partial charge in [-0.3, -0.25) is 4.90 Å². The number of sulfone groups is 1. The molecule has 0 aliphatic carbocycles. The highest BCUT2D eigenvalue weighted by atomic mass is 35.5. The fourth-order valence-electron chi connectivity index (χ4n) is 4.58. The standard InChI is InChI=1S/C32H32ClNO7S/c33-26-8-4-7-25(18-26)31(36)20-34(19-24-5-2-1-3-6-24)27(21-35)17-23-9-13-29(14-10-23)42(39,40)30-15-11-28(12-16-30)41-22-32(37)38/h1-16,18,27,31,35-36H,17,19-22H2,(H,37,38)/t27-,31+/m0/s1. The number of rotatable bonds is 14. The van der Waals surface area contributed by atoms with E-state index in [4.69, 9.17) is 21.4 Å². The second-order valence-electron chi connectivity index (χ2n) is 9.83. The van der Waals surface area contributed by atoms with Crippen LogP contribution in [0.3, 0.4) is 0 Å². The summed E-state index contributed by atoms with van der Waals surface area (Å²) in [5.74, 6) is -0.877. The summed E-state index contributed by atoms with van der Waals surface area (Å²) in [6.07, 6.45) is -0.420. The highest BCUT2D eigenvalue weighted by Gasteiger charge is 2.24. The maximum absolute atomic E-state index is 13.2. The van der Waals surface area contributed by atoms with Gasteiger partial charge >= 0.3 is 5.97 Å². The first-order valence-electron chi connectivity index (χ1n) is 13.3. The number of carboxylic acids is 1. The van der Waals surface area contributed by atoms with E-state index in [2.05, 4.69) is 0 Å². The Morgan fingerprint density at radius 2 is 1.50 bits per heavy atom. The van der Waals surface area contributed by atoms with Crippen LogP contribution in [0.25, 0.3) is 0 Å². The number of ether oxygens (including phenoxy) is 1. The van der Waals surface area contributed by atoms with Gasteiger partial charge in [0.1, 0.15) is 5.75 Å². The van der Waals surface area contributed by atoms with Crippen LogP contribution in [-0.4, -0.2) is 60.4 Å². The lowest BCUT2D eigenvalue weighted by Gasteiger charge is -2.32. The van der Waals surface area contributed by atoms with E-state index in [1.54, 1.807) is 36.4 Å². The molecule has 0 saturated heterocycles. The monoisotopic (exact) mass is 609 g/mol. The molecular formula is C32H32ClNO7S. The molecule has 0 aromatic heterocycles. The molecule has 8 nitrogen and oxygen atoms in total. The number of aliphatic hydroxyl groups excluding tert-OH is 2. The van der Waals surface area contributed by atoms with Gasteiger partial charge in [0.05, 0.1) is 22.5 Å². The van der Waals surface area contributed by atoms with E-state index < -0.39 is 28.5 Å². The lowest BCUT2D eigenvalue weighted by Crippen LogP contribution is -2.41. The summed E-state index contributed by atoms with van der Waals surface area (Å²) in [5, 5.41) is 30.7. The average molecular weight is 610 g/mol. The van der Waals surface area contributed by atoms with E-state index in [0.717, 1.165) is 11.1 Å².